The van der Waals surface area contributed by atoms with Crippen LogP contribution in [-0.2, 0) is 0 Å². The first-order valence-electron chi connectivity index (χ1n) is 3.59. The average molecular weight is 142 g/mol. The zero-order valence-corrected chi connectivity index (χ0v) is 6.14. The van der Waals surface area contributed by atoms with E-state index in [-0.39, 0.29) is 13.2 Å². The van der Waals surface area contributed by atoms with Crippen LogP contribution in [0.2, 0.25) is 0 Å². The van der Waals surface area contributed by atoms with Crippen molar-refractivity contribution in [2.24, 2.45) is 0 Å². The van der Waals surface area contributed by atoms with E-state index in [1.807, 2.05) is 0 Å². The van der Waals surface area contributed by atoms with E-state index in [4.69, 9.17) is 10.2 Å². The lowest BCUT2D eigenvalue weighted by molar-refractivity contribution is 0.285. The Kier molecular flexibility index (Phi) is 8.04. The summed E-state index contributed by atoms with van der Waals surface area (Å²) in [4.78, 5) is 0. The molecule has 0 aromatic carbocycles. The molecular weight excluding hydrogens is 128 g/mol. The molecule has 0 aliphatic rings. The van der Waals surface area contributed by atoms with Crippen LogP contribution in [0.15, 0.2) is 0 Å². The van der Waals surface area contributed by atoms with Crippen LogP contribution in [0.5, 0.6) is 0 Å². The summed E-state index contributed by atoms with van der Waals surface area (Å²) in [5, 5.41) is 16.7. The van der Waals surface area contributed by atoms with Crippen LogP contribution in [0, 0.1) is 11.8 Å². The van der Waals surface area contributed by atoms with E-state index in [9.17, 15) is 0 Å². The maximum atomic E-state index is 8.38. The maximum Gasteiger partial charge on any atom is 0.0540 e. The van der Waals surface area contributed by atoms with Gasteiger partial charge in [0, 0.05) is 19.4 Å². The maximum absolute atomic E-state index is 8.38. The van der Waals surface area contributed by atoms with Crippen molar-refractivity contribution in [2.45, 2.75) is 25.7 Å². The molecule has 0 rings (SSSR count). The molecule has 0 unspecified atom stereocenters. The van der Waals surface area contributed by atoms with E-state index in [2.05, 4.69) is 11.8 Å². The fraction of sp³-hybridized carbons (Fsp3) is 0.750. The molecule has 0 bridgehead atoms. The van der Waals surface area contributed by atoms with Gasteiger partial charge in [0.2, 0.25) is 0 Å². The van der Waals surface area contributed by atoms with E-state index in [0.717, 1.165) is 19.3 Å². The van der Waals surface area contributed by atoms with Crippen molar-refractivity contribution < 1.29 is 10.2 Å². The average Bonchev–Trinajstić information content (AvgIpc) is 1.97. The van der Waals surface area contributed by atoms with Gasteiger partial charge in [-0.3, -0.25) is 0 Å². The summed E-state index contributed by atoms with van der Waals surface area (Å²) in [5.41, 5.74) is 0. The molecule has 0 fully saturated rings. The van der Waals surface area contributed by atoms with Gasteiger partial charge < -0.3 is 10.2 Å². The molecule has 0 spiro atoms. The van der Waals surface area contributed by atoms with E-state index >= 15 is 0 Å². The van der Waals surface area contributed by atoms with Crippen LogP contribution in [0.1, 0.15) is 25.7 Å². The Balaban J connectivity index is 2.96. The topological polar surface area (TPSA) is 40.5 Å². The predicted octanol–water partition coefficient (Wildman–Crippen LogP) is 0.535. The summed E-state index contributed by atoms with van der Waals surface area (Å²) >= 11 is 0. The highest BCUT2D eigenvalue weighted by Crippen LogP contribution is 1.91. The van der Waals surface area contributed by atoms with E-state index in [0.29, 0.717) is 6.42 Å². The van der Waals surface area contributed by atoms with Crippen molar-refractivity contribution in [2.75, 3.05) is 13.2 Å². The van der Waals surface area contributed by atoms with E-state index in [1.165, 1.54) is 0 Å². The molecule has 0 atom stereocenters. The SMILES string of the molecule is OCCC#CCCCCO. The van der Waals surface area contributed by atoms with Gasteiger partial charge in [-0.2, -0.15) is 0 Å². The quantitative estimate of drug-likeness (QED) is 0.444. The van der Waals surface area contributed by atoms with Gasteiger partial charge in [-0.15, -0.1) is 11.8 Å². The number of unbranched alkanes of at least 4 members (excludes halogenated alkanes) is 2. The molecule has 2 N–H and O–H groups in total. The lowest BCUT2D eigenvalue weighted by Gasteiger charge is -1.87. The van der Waals surface area contributed by atoms with Crippen LogP contribution in [-0.4, -0.2) is 23.4 Å². The molecule has 0 aliphatic heterocycles. The van der Waals surface area contributed by atoms with Gasteiger partial charge in [-0.25, -0.2) is 0 Å². The van der Waals surface area contributed by atoms with Crippen LogP contribution >= 0.6 is 0 Å². The lowest BCUT2D eigenvalue weighted by Crippen LogP contribution is -1.81. The summed E-state index contributed by atoms with van der Waals surface area (Å²) in [7, 11) is 0. The largest absolute Gasteiger partial charge is 0.396 e. The Bertz CT molecular complexity index is 110. The van der Waals surface area contributed by atoms with Gasteiger partial charge in [0.15, 0.2) is 0 Å². The molecule has 0 aromatic heterocycles. The molecule has 0 saturated heterocycles. The Labute approximate surface area is 61.9 Å². The molecule has 0 aromatic rings. The van der Waals surface area contributed by atoms with Crippen molar-refractivity contribution in [1.29, 1.82) is 0 Å². The number of hydrogen-bond acceptors (Lipinski definition) is 2. The second-order valence-electron chi connectivity index (χ2n) is 2.01. The molecular formula is C8H14O2. The first-order chi connectivity index (χ1) is 4.91. The van der Waals surface area contributed by atoms with Crippen LogP contribution < -0.4 is 0 Å². The van der Waals surface area contributed by atoms with Crippen molar-refractivity contribution in [3.63, 3.8) is 0 Å². The molecule has 0 aliphatic carbocycles. The Hall–Kier alpha value is -0.520. The van der Waals surface area contributed by atoms with Gasteiger partial charge in [0.25, 0.3) is 0 Å². The first kappa shape index (κ1) is 9.48. The molecule has 0 saturated carbocycles. The van der Waals surface area contributed by atoms with Crippen molar-refractivity contribution in [3.8, 4) is 11.8 Å². The lowest BCUT2D eigenvalue weighted by atomic mass is 10.2. The van der Waals surface area contributed by atoms with Gasteiger partial charge in [0.1, 0.15) is 0 Å². The molecule has 10 heavy (non-hydrogen) atoms. The number of rotatable bonds is 4. The van der Waals surface area contributed by atoms with Crippen LogP contribution in [0.3, 0.4) is 0 Å². The van der Waals surface area contributed by atoms with Crippen molar-refractivity contribution in [3.05, 3.63) is 0 Å². The highest BCUT2D eigenvalue weighted by molar-refractivity contribution is 4.98. The second kappa shape index (κ2) is 8.48. The zero-order chi connectivity index (χ0) is 7.66. The highest BCUT2D eigenvalue weighted by Gasteiger charge is 1.80. The zero-order valence-electron chi connectivity index (χ0n) is 6.14. The van der Waals surface area contributed by atoms with Gasteiger partial charge in [-0.05, 0) is 12.8 Å². The third-order valence-electron chi connectivity index (χ3n) is 1.07. The molecule has 2 nitrogen and oxygen atoms in total. The number of hydrogen-bond donors (Lipinski definition) is 2. The van der Waals surface area contributed by atoms with Crippen LogP contribution in [0.4, 0.5) is 0 Å². The first-order valence-corrected chi connectivity index (χ1v) is 3.59. The number of aliphatic hydroxyl groups excluding tert-OH is 2. The second-order valence-corrected chi connectivity index (χ2v) is 2.01. The summed E-state index contributed by atoms with van der Waals surface area (Å²) in [5.74, 6) is 5.71. The third-order valence-corrected chi connectivity index (χ3v) is 1.07. The monoisotopic (exact) mass is 142 g/mol. The molecule has 0 heterocycles. The van der Waals surface area contributed by atoms with Gasteiger partial charge in [0.05, 0.1) is 6.61 Å². The highest BCUT2D eigenvalue weighted by atomic mass is 16.3. The predicted molar refractivity (Wildman–Crippen MR) is 40.4 cm³/mol. The molecule has 58 valence electrons. The van der Waals surface area contributed by atoms with Crippen molar-refractivity contribution >= 4 is 0 Å². The summed E-state index contributed by atoms with van der Waals surface area (Å²) in [6.45, 7) is 0.397. The number of aliphatic hydroxyl groups is 2. The Morgan fingerprint density at radius 1 is 0.800 bits per heavy atom. The van der Waals surface area contributed by atoms with E-state index in [1.54, 1.807) is 0 Å². The molecule has 0 radical (unpaired) electrons. The summed E-state index contributed by atoms with van der Waals surface area (Å²) in [6, 6.07) is 0. The van der Waals surface area contributed by atoms with Gasteiger partial charge in [-0.1, -0.05) is 0 Å². The Morgan fingerprint density at radius 2 is 1.50 bits per heavy atom. The molecule has 2 heteroatoms. The normalized spacial score (nSPS) is 8.60. The fourth-order valence-electron chi connectivity index (χ4n) is 0.558. The van der Waals surface area contributed by atoms with Gasteiger partial charge >= 0.3 is 0 Å². The fourth-order valence-corrected chi connectivity index (χ4v) is 0.558. The standard InChI is InChI=1S/C8H14O2/c9-7-5-3-1-2-4-6-8-10/h9-10H,1,3,5-8H2. The minimum atomic E-state index is 0.146. The smallest absolute Gasteiger partial charge is 0.0540 e. The minimum absolute atomic E-state index is 0.146. The van der Waals surface area contributed by atoms with Crippen molar-refractivity contribution in [1.82, 2.24) is 0 Å². The molecule has 0 amide bonds. The van der Waals surface area contributed by atoms with Crippen LogP contribution in [0.25, 0.3) is 0 Å². The third kappa shape index (κ3) is 7.48. The summed E-state index contributed by atoms with van der Waals surface area (Å²) < 4.78 is 0. The van der Waals surface area contributed by atoms with E-state index < -0.39 is 0 Å². The minimum Gasteiger partial charge on any atom is -0.396 e. The Morgan fingerprint density at radius 3 is 2.10 bits per heavy atom. The summed E-state index contributed by atoms with van der Waals surface area (Å²) in [6.07, 6.45) is 3.18.